The van der Waals surface area contributed by atoms with Crippen LogP contribution in [0, 0.1) is 6.92 Å². The van der Waals surface area contributed by atoms with Gasteiger partial charge in [0.05, 0.1) is 12.8 Å². The van der Waals surface area contributed by atoms with Gasteiger partial charge in [0.15, 0.2) is 0 Å². The minimum absolute atomic E-state index is 0.0492. The van der Waals surface area contributed by atoms with Gasteiger partial charge in [-0.15, -0.1) is 0 Å². The number of methoxy groups -OCH3 is 1. The van der Waals surface area contributed by atoms with Crippen LogP contribution < -0.4 is 15.0 Å². The van der Waals surface area contributed by atoms with Crippen LogP contribution in [-0.2, 0) is 4.79 Å². The molecule has 0 saturated heterocycles. The average Bonchev–Trinajstić information content (AvgIpc) is 3.36. The van der Waals surface area contributed by atoms with E-state index in [0.29, 0.717) is 11.6 Å². The molecule has 1 atom stereocenters. The molecule has 0 spiro atoms. The monoisotopic (exact) mass is 452 g/mol. The molecule has 1 aliphatic heterocycles. The Morgan fingerprint density at radius 3 is 2.44 bits per heavy atom. The highest BCUT2D eigenvalue weighted by Crippen LogP contribution is 2.36. The van der Waals surface area contributed by atoms with Crippen molar-refractivity contribution in [2.75, 3.05) is 23.9 Å². The molecule has 8 heteroatoms. The van der Waals surface area contributed by atoms with Gasteiger partial charge in [-0.2, -0.15) is 4.68 Å². The lowest BCUT2D eigenvalue weighted by Gasteiger charge is -2.32. The number of tetrazole rings is 1. The van der Waals surface area contributed by atoms with Gasteiger partial charge in [-0.3, -0.25) is 9.69 Å². The number of hydrogen-bond acceptors (Lipinski definition) is 6. The summed E-state index contributed by atoms with van der Waals surface area (Å²) in [6, 6.07) is 25.3. The van der Waals surface area contributed by atoms with Crippen molar-refractivity contribution in [3.8, 4) is 5.75 Å². The van der Waals surface area contributed by atoms with Crippen LogP contribution in [-0.4, -0.2) is 39.8 Å². The van der Waals surface area contributed by atoms with Gasteiger partial charge in [0.2, 0.25) is 5.91 Å². The van der Waals surface area contributed by atoms with Crippen molar-refractivity contribution in [2.24, 2.45) is 0 Å². The number of ether oxygens (including phenoxy) is 1. The number of carbonyl (C=O) groups is 1. The molecule has 2 heterocycles. The third kappa shape index (κ3) is 4.25. The molecule has 34 heavy (non-hydrogen) atoms. The van der Waals surface area contributed by atoms with E-state index in [2.05, 4.69) is 51.2 Å². The summed E-state index contributed by atoms with van der Waals surface area (Å²) in [6.07, 6.45) is 2.10. The second-order valence-corrected chi connectivity index (χ2v) is 8.06. The van der Waals surface area contributed by atoms with Gasteiger partial charge >= 0.3 is 0 Å². The second-order valence-electron chi connectivity index (χ2n) is 8.06. The maximum Gasteiger partial charge on any atom is 0.251 e. The summed E-state index contributed by atoms with van der Waals surface area (Å²) in [5.74, 6) is 1.05. The Hall–Kier alpha value is -4.46. The summed E-state index contributed by atoms with van der Waals surface area (Å²) in [5, 5.41) is 15.4. The number of nitrogens with one attached hydrogen (secondary N) is 1. The SMILES string of the molecule is COc1ccc(NC(=O)CN2C(c3ccc(C)cc3)=CC(c3ccccc3)n3nnnc32)cc1. The molecule has 8 nitrogen and oxygen atoms in total. The normalized spacial score (nSPS) is 14.8. The van der Waals surface area contributed by atoms with Crippen molar-refractivity contribution in [2.45, 2.75) is 13.0 Å². The third-order valence-corrected chi connectivity index (χ3v) is 5.75. The lowest BCUT2D eigenvalue weighted by Crippen LogP contribution is -2.37. The fourth-order valence-corrected chi connectivity index (χ4v) is 4.00. The number of hydrogen-bond donors (Lipinski definition) is 1. The minimum Gasteiger partial charge on any atom is -0.497 e. The van der Waals surface area contributed by atoms with Crippen molar-refractivity contribution in [1.29, 1.82) is 0 Å². The number of aryl methyl sites for hydroxylation is 1. The Morgan fingerprint density at radius 1 is 1.00 bits per heavy atom. The topological polar surface area (TPSA) is 85.2 Å². The number of fused-ring (bicyclic) bond motifs is 1. The third-order valence-electron chi connectivity index (χ3n) is 5.75. The van der Waals surface area contributed by atoms with E-state index in [-0.39, 0.29) is 18.5 Å². The van der Waals surface area contributed by atoms with Gasteiger partial charge in [-0.25, -0.2) is 0 Å². The van der Waals surface area contributed by atoms with E-state index in [1.54, 1.807) is 36.1 Å². The first-order valence-electron chi connectivity index (χ1n) is 11.0. The number of rotatable bonds is 6. The summed E-state index contributed by atoms with van der Waals surface area (Å²) in [6.45, 7) is 2.10. The van der Waals surface area contributed by atoms with Crippen LogP contribution in [0.4, 0.5) is 11.6 Å². The molecule has 4 aromatic rings. The number of allylic oxidation sites excluding steroid dienone is 1. The Labute approximate surface area is 197 Å². The number of amides is 1. The Bertz CT molecular complexity index is 1310. The fraction of sp³-hybridized carbons (Fsp3) is 0.154. The standard InChI is InChI=1S/C26H24N6O2/c1-18-8-10-20(11-9-18)23-16-24(19-6-4-3-5-7-19)32-26(28-29-30-32)31(23)17-25(33)27-21-12-14-22(34-2)15-13-21/h3-16,24H,17H2,1-2H3,(H,27,33). The maximum atomic E-state index is 13.1. The number of nitrogens with zero attached hydrogens (tertiary/aromatic N) is 5. The molecular formula is C26H24N6O2. The summed E-state index contributed by atoms with van der Waals surface area (Å²) < 4.78 is 6.93. The number of carbonyl (C=O) groups excluding carboxylic acids is 1. The molecule has 3 aromatic carbocycles. The molecule has 1 amide bonds. The second kappa shape index (κ2) is 9.19. The zero-order valence-electron chi connectivity index (χ0n) is 18.9. The highest BCUT2D eigenvalue weighted by Gasteiger charge is 2.31. The van der Waals surface area contributed by atoms with Crippen molar-refractivity contribution in [3.05, 3.63) is 102 Å². The molecule has 1 aromatic heterocycles. The van der Waals surface area contributed by atoms with Crippen molar-refractivity contribution < 1.29 is 9.53 Å². The first kappa shape index (κ1) is 21.4. The lowest BCUT2D eigenvalue weighted by atomic mass is 10.00. The Kier molecular flexibility index (Phi) is 5.78. The lowest BCUT2D eigenvalue weighted by molar-refractivity contribution is -0.114. The molecule has 0 radical (unpaired) electrons. The van der Waals surface area contributed by atoms with E-state index in [1.807, 2.05) is 42.2 Å². The van der Waals surface area contributed by atoms with Gasteiger partial charge in [-0.05, 0) is 58.8 Å². The van der Waals surface area contributed by atoms with Gasteiger partial charge in [0.25, 0.3) is 5.95 Å². The van der Waals surface area contributed by atoms with Crippen LogP contribution in [0.3, 0.4) is 0 Å². The van der Waals surface area contributed by atoms with Crippen molar-refractivity contribution in [3.63, 3.8) is 0 Å². The summed E-state index contributed by atoms with van der Waals surface area (Å²) in [5.41, 5.74) is 4.76. The molecular weight excluding hydrogens is 428 g/mol. The van der Waals surface area contributed by atoms with Crippen LogP contribution in [0.15, 0.2) is 84.9 Å². The summed E-state index contributed by atoms with van der Waals surface area (Å²) >= 11 is 0. The van der Waals surface area contributed by atoms with Gasteiger partial charge < -0.3 is 10.1 Å². The van der Waals surface area contributed by atoms with Crippen LogP contribution >= 0.6 is 0 Å². The highest BCUT2D eigenvalue weighted by molar-refractivity contribution is 5.97. The van der Waals surface area contributed by atoms with Crippen molar-refractivity contribution >= 4 is 23.2 Å². The largest absolute Gasteiger partial charge is 0.497 e. The average molecular weight is 453 g/mol. The molecule has 1 aliphatic rings. The first-order chi connectivity index (χ1) is 16.6. The Morgan fingerprint density at radius 2 is 1.74 bits per heavy atom. The Balaban J connectivity index is 1.50. The first-order valence-corrected chi connectivity index (χ1v) is 11.0. The van der Waals surface area contributed by atoms with E-state index >= 15 is 0 Å². The zero-order chi connectivity index (χ0) is 23.5. The van der Waals surface area contributed by atoms with E-state index in [0.717, 1.165) is 28.1 Å². The molecule has 0 bridgehead atoms. The van der Waals surface area contributed by atoms with Crippen LogP contribution in [0.25, 0.3) is 5.70 Å². The van der Waals surface area contributed by atoms with Gasteiger partial charge in [0.1, 0.15) is 18.3 Å². The number of benzene rings is 3. The van der Waals surface area contributed by atoms with E-state index in [4.69, 9.17) is 4.74 Å². The maximum absolute atomic E-state index is 13.1. The van der Waals surface area contributed by atoms with Crippen molar-refractivity contribution in [1.82, 2.24) is 20.2 Å². The molecule has 1 unspecified atom stereocenters. The molecule has 0 aliphatic carbocycles. The molecule has 0 saturated carbocycles. The molecule has 5 rings (SSSR count). The summed E-state index contributed by atoms with van der Waals surface area (Å²) in [4.78, 5) is 14.9. The molecule has 0 fully saturated rings. The van der Waals surface area contributed by atoms with E-state index in [9.17, 15) is 4.79 Å². The van der Waals surface area contributed by atoms with E-state index in [1.165, 1.54) is 0 Å². The van der Waals surface area contributed by atoms with Gasteiger partial charge in [-0.1, -0.05) is 65.3 Å². The number of aromatic nitrogens is 4. The fourth-order valence-electron chi connectivity index (χ4n) is 4.00. The smallest absolute Gasteiger partial charge is 0.251 e. The zero-order valence-corrected chi connectivity index (χ0v) is 18.9. The number of anilines is 2. The minimum atomic E-state index is -0.191. The summed E-state index contributed by atoms with van der Waals surface area (Å²) in [7, 11) is 1.61. The van der Waals surface area contributed by atoms with Crippen LogP contribution in [0.2, 0.25) is 0 Å². The van der Waals surface area contributed by atoms with Crippen LogP contribution in [0.5, 0.6) is 5.75 Å². The van der Waals surface area contributed by atoms with Crippen LogP contribution in [0.1, 0.15) is 22.7 Å². The quantitative estimate of drug-likeness (QED) is 0.475. The predicted octanol–water partition coefficient (Wildman–Crippen LogP) is 4.08. The molecule has 1 N–H and O–H groups in total. The predicted molar refractivity (Wildman–Crippen MR) is 131 cm³/mol. The highest BCUT2D eigenvalue weighted by atomic mass is 16.5. The molecule has 170 valence electrons. The van der Waals surface area contributed by atoms with Gasteiger partial charge in [0, 0.05) is 5.69 Å². The van der Waals surface area contributed by atoms with E-state index < -0.39 is 0 Å².